The van der Waals surface area contributed by atoms with E-state index in [2.05, 4.69) is 24.1 Å². The van der Waals surface area contributed by atoms with Crippen LogP contribution in [0, 0.1) is 11.8 Å². The normalized spacial score (nSPS) is 36.4. The van der Waals surface area contributed by atoms with Gasteiger partial charge in [0, 0.05) is 18.6 Å². The van der Waals surface area contributed by atoms with Crippen molar-refractivity contribution in [2.45, 2.75) is 58.0 Å². The van der Waals surface area contributed by atoms with Crippen LogP contribution >= 0.6 is 0 Å². The topological polar surface area (TPSA) is 58.4 Å². The summed E-state index contributed by atoms with van der Waals surface area (Å²) < 4.78 is 0. The molecule has 19 heavy (non-hydrogen) atoms. The van der Waals surface area contributed by atoms with Crippen LogP contribution in [-0.4, -0.2) is 42.5 Å². The molecule has 2 aliphatic rings. The molecule has 0 aromatic heterocycles. The van der Waals surface area contributed by atoms with Gasteiger partial charge in [-0.3, -0.25) is 9.69 Å². The molecule has 1 aliphatic carbocycles. The van der Waals surface area contributed by atoms with Gasteiger partial charge in [0.05, 0.1) is 6.54 Å². The highest BCUT2D eigenvalue weighted by molar-refractivity contribution is 5.78. The van der Waals surface area contributed by atoms with Crippen LogP contribution in [0.1, 0.15) is 46.0 Å². The summed E-state index contributed by atoms with van der Waals surface area (Å²) in [4.78, 5) is 14.4. The minimum atomic E-state index is 0.186. The van der Waals surface area contributed by atoms with Crippen molar-refractivity contribution < 1.29 is 4.79 Å². The molecule has 4 nitrogen and oxygen atoms in total. The fourth-order valence-electron chi connectivity index (χ4n) is 3.59. The molecule has 0 bridgehead atoms. The van der Waals surface area contributed by atoms with Crippen LogP contribution in [0.5, 0.6) is 0 Å². The Bertz CT molecular complexity index is 308. The van der Waals surface area contributed by atoms with Crippen molar-refractivity contribution in [2.24, 2.45) is 17.6 Å². The van der Waals surface area contributed by atoms with Crippen molar-refractivity contribution >= 4 is 5.91 Å². The maximum absolute atomic E-state index is 12.2. The molecule has 1 aliphatic heterocycles. The van der Waals surface area contributed by atoms with Crippen molar-refractivity contribution in [1.29, 1.82) is 0 Å². The van der Waals surface area contributed by atoms with Gasteiger partial charge in [-0.25, -0.2) is 0 Å². The van der Waals surface area contributed by atoms with E-state index in [4.69, 9.17) is 5.73 Å². The van der Waals surface area contributed by atoms with E-state index in [9.17, 15) is 4.79 Å². The highest BCUT2D eigenvalue weighted by Crippen LogP contribution is 2.29. The Hall–Kier alpha value is -0.610. The number of nitrogens with one attached hydrogen (secondary N) is 1. The summed E-state index contributed by atoms with van der Waals surface area (Å²) in [6.07, 6.45) is 5.99. The number of nitrogens with two attached hydrogens (primary N) is 1. The van der Waals surface area contributed by atoms with E-state index < -0.39 is 0 Å². The van der Waals surface area contributed by atoms with E-state index in [1.54, 1.807) is 0 Å². The van der Waals surface area contributed by atoms with Crippen molar-refractivity contribution in [2.75, 3.05) is 19.6 Å². The van der Waals surface area contributed by atoms with Gasteiger partial charge in [0.15, 0.2) is 0 Å². The van der Waals surface area contributed by atoms with Crippen LogP contribution in [0.4, 0.5) is 0 Å². The molecule has 4 atom stereocenters. The SMILES string of the molecule is CC1CCCC(NC(=O)CN2CCCC2CN)C1C. The van der Waals surface area contributed by atoms with Crippen LogP contribution in [0.3, 0.4) is 0 Å². The molecule has 1 saturated heterocycles. The van der Waals surface area contributed by atoms with E-state index >= 15 is 0 Å². The minimum Gasteiger partial charge on any atom is -0.352 e. The molecule has 1 heterocycles. The highest BCUT2D eigenvalue weighted by Gasteiger charge is 2.30. The van der Waals surface area contributed by atoms with Crippen molar-refractivity contribution in [3.63, 3.8) is 0 Å². The Labute approximate surface area is 117 Å². The Kier molecular flexibility index (Phi) is 5.22. The number of hydrogen-bond donors (Lipinski definition) is 2. The zero-order valence-electron chi connectivity index (χ0n) is 12.4. The van der Waals surface area contributed by atoms with Gasteiger partial charge in [-0.1, -0.05) is 26.7 Å². The number of carbonyl (C=O) groups is 1. The van der Waals surface area contributed by atoms with E-state index in [0.29, 0.717) is 31.1 Å². The third-order valence-corrected chi connectivity index (χ3v) is 5.17. The quantitative estimate of drug-likeness (QED) is 0.808. The summed E-state index contributed by atoms with van der Waals surface area (Å²) in [6, 6.07) is 0.781. The Morgan fingerprint density at radius 1 is 1.26 bits per heavy atom. The fourth-order valence-corrected chi connectivity index (χ4v) is 3.59. The number of nitrogens with zero attached hydrogens (tertiary/aromatic N) is 1. The first-order valence-corrected chi connectivity index (χ1v) is 7.85. The summed E-state index contributed by atoms with van der Waals surface area (Å²) in [6.45, 7) is 6.79. The Morgan fingerprint density at radius 3 is 2.79 bits per heavy atom. The van der Waals surface area contributed by atoms with Crippen molar-refractivity contribution in [3.8, 4) is 0 Å². The first kappa shape index (κ1) is 14.8. The van der Waals surface area contributed by atoms with E-state index in [1.165, 1.54) is 19.3 Å². The smallest absolute Gasteiger partial charge is 0.234 e. The second kappa shape index (κ2) is 6.71. The molecule has 0 aromatic carbocycles. The zero-order chi connectivity index (χ0) is 13.8. The zero-order valence-corrected chi connectivity index (χ0v) is 12.4. The number of rotatable bonds is 4. The molecule has 0 spiro atoms. The monoisotopic (exact) mass is 267 g/mol. The van der Waals surface area contributed by atoms with E-state index in [1.807, 2.05) is 0 Å². The van der Waals surface area contributed by atoms with Crippen molar-refractivity contribution in [1.82, 2.24) is 10.2 Å². The van der Waals surface area contributed by atoms with Crippen LogP contribution in [0.25, 0.3) is 0 Å². The average Bonchev–Trinajstić information content (AvgIpc) is 2.82. The molecule has 2 fully saturated rings. The number of carbonyl (C=O) groups excluding carboxylic acids is 1. The second-order valence-electron chi connectivity index (χ2n) is 6.44. The molecule has 2 rings (SSSR count). The van der Waals surface area contributed by atoms with E-state index in [0.717, 1.165) is 25.3 Å². The second-order valence-corrected chi connectivity index (χ2v) is 6.44. The molecule has 1 saturated carbocycles. The molecule has 110 valence electrons. The van der Waals surface area contributed by atoms with Gasteiger partial charge >= 0.3 is 0 Å². The Balaban J connectivity index is 1.80. The van der Waals surface area contributed by atoms with Crippen LogP contribution in [0.2, 0.25) is 0 Å². The lowest BCUT2D eigenvalue weighted by molar-refractivity contribution is -0.123. The molecule has 4 heteroatoms. The summed E-state index contributed by atoms with van der Waals surface area (Å²) in [5.74, 6) is 1.51. The van der Waals surface area contributed by atoms with Gasteiger partial charge in [0.2, 0.25) is 5.91 Å². The Morgan fingerprint density at radius 2 is 2.05 bits per heavy atom. The third-order valence-electron chi connectivity index (χ3n) is 5.17. The molecular weight excluding hydrogens is 238 g/mol. The maximum Gasteiger partial charge on any atom is 0.234 e. The number of hydrogen-bond acceptors (Lipinski definition) is 3. The van der Waals surface area contributed by atoms with Gasteiger partial charge in [-0.05, 0) is 37.6 Å². The van der Waals surface area contributed by atoms with Crippen LogP contribution in [-0.2, 0) is 4.79 Å². The maximum atomic E-state index is 12.2. The van der Waals surface area contributed by atoms with Gasteiger partial charge in [0.1, 0.15) is 0 Å². The highest BCUT2D eigenvalue weighted by atomic mass is 16.2. The molecular formula is C15H29N3O. The van der Waals surface area contributed by atoms with Gasteiger partial charge in [0.25, 0.3) is 0 Å². The summed E-state index contributed by atoms with van der Waals surface area (Å²) >= 11 is 0. The molecule has 0 aromatic rings. The lowest BCUT2D eigenvalue weighted by atomic mass is 9.78. The minimum absolute atomic E-state index is 0.186. The average molecular weight is 267 g/mol. The van der Waals surface area contributed by atoms with Crippen LogP contribution < -0.4 is 11.1 Å². The van der Waals surface area contributed by atoms with Gasteiger partial charge < -0.3 is 11.1 Å². The largest absolute Gasteiger partial charge is 0.352 e. The molecule has 1 amide bonds. The molecule has 4 unspecified atom stereocenters. The third kappa shape index (κ3) is 3.69. The first-order chi connectivity index (χ1) is 9.11. The predicted octanol–water partition coefficient (Wildman–Crippen LogP) is 1.35. The van der Waals surface area contributed by atoms with E-state index in [-0.39, 0.29) is 5.91 Å². The lowest BCUT2D eigenvalue weighted by Crippen LogP contribution is -2.48. The van der Waals surface area contributed by atoms with Gasteiger partial charge in [-0.2, -0.15) is 0 Å². The van der Waals surface area contributed by atoms with Crippen molar-refractivity contribution in [3.05, 3.63) is 0 Å². The summed E-state index contributed by atoms with van der Waals surface area (Å²) in [5, 5.41) is 3.25. The standard InChI is InChI=1S/C15H29N3O/c1-11-5-3-7-14(12(11)2)17-15(19)10-18-8-4-6-13(18)9-16/h11-14H,3-10,16H2,1-2H3,(H,17,19). The fraction of sp³-hybridized carbons (Fsp3) is 0.933. The van der Waals surface area contributed by atoms with Gasteiger partial charge in [-0.15, -0.1) is 0 Å². The lowest BCUT2D eigenvalue weighted by Gasteiger charge is -2.35. The molecule has 3 N–H and O–H groups in total. The predicted molar refractivity (Wildman–Crippen MR) is 77.8 cm³/mol. The number of likely N-dealkylation sites (tertiary alicyclic amines) is 1. The summed E-state index contributed by atoms with van der Waals surface area (Å²) in [5.41, 5.74) is 5.75. The summed E-state index contributed by atoms with van der Waals surface area (Å²) in [7, 11) is 0. The molecule has 0 radical (unpaired) electrons. The van der Waals surface area contributed by atoms with Crippen LogP contribution in [0.15, 0.2) is 0 Å². The first-order valence-electron chi connectivity index (χ1n) is 7.85. The number of amides is 1.